The molecule has 0 spiro atoms. The van der Waals surface area contributed by atoms with Crippen LogP contribution in [0.1, 0.15) is 42.5 Å². The number of pyridine rings is 1. The van der Waals surface area contributed by atoms with E-state index in [1.54, 1.807) is 0 Å². The highest BCUT2D eigenvalue weighted by Crippen LogP contribution is 2.42. The number of aromatic nitrogens is 2. The minimum Gasteiger partial charge on any atom is -0.350 e. The van der Waals surface area contributed by atoms with E-state index in [4.69, 9.17) is 11.6 Å². The Morgan fingerprint density at radius 3 is 2.81 bits per heavy atom. The van der Waals surface area contributed by atoms with Gasteiger partial charge in [0, 0.05) is 17.4 Å². The maximum absolute atomic E-state index is 13.1. The zero-order valence-corrected chi connectivity index (χ0v) is 15.6. The summed E-state index contributed by atoms with van der Waals surface area (Å²) in [4.78, 5) is 17.8. The van der Waals surface area contributed by atoms with Crippen molar-refractivity contribution in [2.45, 2.75) is 44.6 Å². The SMILES string of the molecule is Cc1cccn2cc(CNC(=O)C3(c4cccc(Cl)c4)CCCC3)nc12. The van der Waals surface area contributed by atoms with Crippen molar-refractivity contribution in [3.8, 4) is 0 Å². The van der Waals surface area contributed by atoms with Crippen LogP contribution in [0.4, 0.5) is 0 Å². The van der Waals surface area contributed by atoms with Crippen LogP contribution in [0.2, 0.25) is 5.02 Å². The highest BCUT2D eigenvalue weighted by atomic mass is 35.5. The monoisotopic (exact) mass is 367 g/mol. The van der Waals surface area contributed by atoms with Crippen molar-refractivity contribution in [3.05, 3.63) is 70.6 Å². The van der Waals surface area contributed by atoms with Gasteiger partial charge in [0.2, 0.25) is 5.91 Å². The Kier molecular flexibility index (Phi) is 4.45. The summed E-state index contributed by atoms with van der Waals surface area (Å²) in [6.07, 6.45) is 7.81. The molecule has 3 aromatic rings. The number of hydrogen-bond acceptors (Lipinski definition) is 2. The molecule has 2 heterocycles. The van der Waals surface area contributed by atoms with Gasteiger partial charge in [0.05, 0.1) is 17.7 Å². The van der Waals surface area contributed by atoms with Gasteiger partial charge in [0.15, 0.2) is 0 Å². The van der Waals surface area contributed by atoms with Crippen molar-refractivity contribution in [2.24, 2.45) is 0 Å². The van der Waals surface area contributed by atoms with E-state index in [0.717, 1.165) is 48.2 Å². The number of fused-ring (bicyclic) bond motifs is 1. The molecular formula is C21H22ClN3O. The van der Waals surface area contributed by atoms with E-state index in [0.29, 0.717) is 11.6 Å². The van der Waals surface area contributed by atoms with E-state index >= 15 is 0 Å². The van der Waals surface area contributed by atoms with Gasteiger partial charge >= 0.3 is 0 Å². The molecule has 2 aromatic heterocycles. The highest BCUT2D eigenvalue weighted by Gasteiger charge is 2.42. The Hall–Kier alpha value is -2.33. The normalized spacial score (nSPS) is 16.1. The number of hydrogen-bond donors (Lipinski definition) is 1. The molecule has 0 radical (unpaired) electrons. The van der Waals surface area contributed by atoms with Crippen LogP contribution in [0.5, 0.6) is 0 Å². The Labute approximate surface area is 158 Å². The first-order chi connectivity index (χ1) is 12.6. The Bertz CT molecular complexity index is 957. The number of nitrogens with one attached hydrogen (secondary N) is 1. The molecule has 1 amide bonds. The molecule has 1 aromatic carbocycles. The van der Waals surface area contributed by atoms with Crippen molar-refractivity contribution >= 4 is 23.2 Å². The number of nitrogens with zero attached hydrogens (tertiary/aromatic N) is 2. The van der Waals surface area contributed by atoms with Gasteiger partial charge in [0.25, 0.3) is 0 Å². The second-order valence-electron chi connectivity index (χ2n) is 7.14. The maximum atomic E-state index is 13.1. The standard InChI is InChI=1S/C21H22ClN3O/c1-15-6-5-11-25-14-18(24-19(15)25)13-23-20(26)21(9-2-3-10-21)16-7-4-8-17(22)12-16/h4-8,11-12,14H,2-3,9-10,13H2,1H3,(H,23,26). The molecule has 0 aliphatic heterocycles. The molecule has 0 unspecified atom stereocenters. The molecule has 0 saturated heterocycles. The number of amides is 1. The molecule has 134 valence electrons. The van der Waals surface area contributed by atoms with Crippen LogP contribution in [-0.2, 0) is 16.8 Å². The summed E-state index contributed by atoms with van der Waals surface area (Å²) in [6, 6.07) is 11.8. The lowest BCUT2D eigenvalue weighted by Gasteiger charge is -2.28. The Balaban J connectivity index is 1.56. The van der Waals surface area contributed by atoms with Gasteiger partial charge in [-0.1, -0.05) is 42.6 Å². The average molecular weight is 368 g/mol. The lowest BCUT2D eigenvalue weighted by molar-refractivity contribution is -0.126. The predicted octanol–water partition coefficient (Wildman–Crippen LogP) is 4.42. The molecule has 0 atom stereocenters. The van der Waals surface area contributed by atoms with Crippen LogP contribution < -0.4 is 5.32 Å². The minimum atomic E-state index is -0.472. The van der Waals surface area contributed by atoms with Crippen molar-refractivity contribution in [2.75, 3.05) is 0 Å². The summed E-state index contributed by atoms with van der Waals surface area (Å²) < 4.78 is 2.00. The van der Waals surface area contributed by atoms with Crippen LogP contribution in [0, 0.1) is 6.92 Å². The van der Waals surface area contributed by atoms with E-state index < -0.39 is 5.41 Å². The Morgan fingerprint density at radius 1 is 1.27 bits per heavy atom. The molecule has 4 nitrogen and oxygen atoms in total. The predicted molar refractivity (Wildman–Crippen MR) is 103 cm³/mol. The van der Waals surface area contributed by atoms with Gasteiger partial charge in [-0.3, -0.25) is 4.79 Å². The van der Waals surface area contributed by atoms with Crippen molar-refractivity contribution in [1.29, 1.82) is 0 Å². The minimum absolute atomic E-state index is 0.0750. The van der Waals surface area contributed by atoms with Crippen LogP contribution >= 0.6 is 11.6 Å². The molecule has 1 saturated carbocycles. The summed E-state index contributed by atoms with van der Waals surface area (Å²) in [7, 11) is 0. The topological polar surface area (TPSA) is 46.4 Å². The lowest BCUT2D eigenvalue weighted by atomic mass is 9.78. The zero-order valence-electron chi connectivity index (χ0n) is 14.8. The first kappa shape index (κ1) is 17.1. The third-order valence-electron chi connectivity index (χ3n) is 5.43. The molecular weight excluding hydrogens is 346 g/mol. The molecule has 1 aliphatic rings. The average Bonchev–Trinajstić information content (AvgIpc) is 3.28. The van der Waals surface area contributed by atoms with Gasteiger partial charge in [0.1, 0.15) is 5.65 Å². The fraction of sp³-hybridized carbons (Fsp3) is 0.333. The van der Waals surface area contributed by atoms with E-state index in [-0.39, 0.29) is 5.91 Å². The lowest BCUT2D eigenvalue weighted by Crippen LogP contribution is -2.42. The van der Waals surface area contributed by atoms with Crippen molar-refractivity contribution in [3.63, 3.8) is 0 Å². The first-order valence-corrected chi connectivity index (χ1v) is 9.44. The maximum Gasteiger partial charge on any atom is 0.230 e. The quantitative estimate of drug-likeness (QED) is 0.741. The summed E-state index contributed by atoms with van der Waals surface area (Å²) in [5.74, 6) is 0.0750. The van der Waals surface area contributed by atoms with Gasteiger partial charge in [-0.15, -0.1) is 0 Å². The molecule has 26 heavy (non-hydrogen) atoms. The molecule has 1 fully saturated rings. The number of aryl methyl sites for hydroxylation is 1. The number of halogens is 1. The van der Waals surface area contributed by atoms with Gasteiger partial charge in [-0.2, -0.15) is 0 Å². The van der Waals surface area contributed by atoms with Gasteiger partial charge < -0.3 is 9.72 Å². The summed E-state index contributed by atoms with van der Waals surface area (Å²) >= 11 is 6.18. The van der Waals surface area contributed by atoms with E-state index in [1.165, 1.54) is 0 Å². The Morgan fingerprint density at radius 2 is 2.08 bits per heavy atom. The number of imidazole rings is 1. The van der Waals surface area contributed by atoms with Gasteiger partial charge in [-0.25, -0.2) is 4.98 Å². The molecule has 0 bridgehead atoms. The second-order valence-corrected chi connectivity index (χ2v) is 7.57. The van der Waals surface area contributed by atoms with Crippen LogP contribution in [0.3, 0.4) is 0 Å². The number of carbonyl (C=O) groups excluding carboxylic acids is 1. The number of rotatable bonds is 4. The number of carbonyl (C=O) groups is 1. The van der Waals surface area contributed by atoms with Crippen LogP contribution in [0.25, 0.3) is 5.65 Å². The fourth-order valence-electron chi connectivity index (χ4n) is 4.04. The fourth-order valence-corrected chi connectivity index (χ4v) is 4.23. The largest absolute Gasteiger partial charge is 0.350 e. The van der Waals surface area contributed by atoms with E-state index in [2.05, 4.69) is 10.3 Å². The first-order valence-electron chi connectivity index (χ1n) is 9.06. The number of benzene rings is 1. The van der Waals surface area contributed by atoms with Crippen molar-refractivity contribution < 1.29 is 4.79 Å². The third-order valence-corrected chi connectivity index (χ3v) is 5.66. The molecule has 1 aliphatic carbocycles. The van der Waals surface area contributed by atoms with E-state index in [1.807, 2.05) is 60.1 Å². The smallest absolute Gasteiger partial charge is 0.230 e. The molecule has 5 heteroatoms. The van der Waals surface area contributed by atoms with Gasteiger partial charge in [-0.05, 0) is 49.1 Å². The summed E-state index contributed by atoms with van der Waals surface area (Å²) in [5.41, 5.74) is 3.47. The molecule has 4 rings (SSSR count). The van der Waals surface area contributed by atoms with E-state index in [9.17, 15) is 4.79 Å². The zero-order chi connectivity index (χ0) is 18.1. The highest BCUT2D eigenvalue weighted by molar-refractivity contribution is 6.30. The summed E-state index contributed by atoms with van der Waals surface area (Å²) in [5, 5.41) is 3.80. The molecule has 1 N–H and O–H groups in total. The third kappa shape index (κ3) is 2.99. The van der Waals surface area contributed by atoms with Crippen molar-refractivity contribution in [1.82, 2.24) is 14.7 Å². The second kappa shape index (κ2) is 6.76. The van der Waals surface area contributed by atoms with Crippen LogP contribution in [0.15, 0.2) is 48.8 Å². The van der Waals surface area contributed by atoms with Crippen LogP contribution in [-0.4, -0.2) is 15.3 Å². The summed E-state index contributed by atoms with van der Waals surface area (Å²) in [6.45, 7) is 2.47.